The van der Waals surface area contributed by atoms with Gasteiger partial charge in [0.05, 0.1) is 10.3 Å². The number of rotatable bonds is 9. The molecule has 0 aliphatic carbocycles. The van der Waals surface area contributed by atoms with Crippen LogP contribution in [0.3, 0.4) is 0 Å². The second-order valence-electron chi connectivity index (χ2n) is 11.3. The molecule has 1 fully saturated rings. The van der Waals surface area contributed by atoms with E-state index >= 15 is 0 Å². The van der Waals surface area contributed by atoms with E-state index in [2.05, 4.69) is 4.72 Å². The van der Waals surface area contributed by atoms with Crippen molar-refractivity contribution >= 4 is 33.2 Å². The third-order valence-electron chi connectivity index (χ3n) is 8.24. The Bertz CT molecular complexity index is 1600. The first-order valence-electron chi connectivity index (χ1n) is 14.0. The highest BCUT2D eigenvalue weighted by atomic mass is 32.2. The van der Waals surface area contributed by atoms with Crippen LogP contribution in [0.25, 0.3) is 0 Å². The van der Waals surface area contributed by atoms with Gasteiger partial charge in [-0.15, -0.1) is 0 Å². The molecule has 2 aliphatic heterocycles. The van der Waals surface area contributed by atoms with Crippen molar-refractivity contribution in [3.8, 4) is 0 Å². The van der Waals surface area contributed by atoms with E-state index in [1.165, 1.54) is 12.1 Å². The van der Waals surface area contributed by atoms with Gasteiger partial charge < -0.3 is 9.80 Å². The van der Waals surface area contributed by atoms with Gasteiger partial charge in [0, 0.05) is 30.9 Å². The van der Waals surface area contributed by atoms with Gasteiger partial charge in [0.15, 0.2) is 4.90 Å². The molecule has 10 nitrogen and oxygen atoms in total. The number of sulfonamides is 1. The number of fused-ring (bicyclic) bond motifs is 1. The van der Waals surface area contributed by atoms with Crippen LogP contribution >= 0.6 is 0 Å². The molecular weight excluding hydrogens is 556 g/mol. The Morgan fingerprint density at radius 2 is 1.62 bits per heavy atom. The van der Waals surface area contributed by atoms with Crippen molar-refractivity contribution in [2.45, 2.75) is 61.9 Å². The number of aryl methyl sites for hydroxylation is 1. The Labute approximate surface area is 245 Å². The quantitative estimate of drug-likeness (QED) is 0.294. The summed E-state index contributed by atoms with van der Waals surface area (Å²) in [5.74, 6) is -0.355. The number of nitrogens with zero attached hydrogens (tertiary/aromatic N) is 3. The van der Waals surface area contributed by atoms with Gasteiger partial charge in [-0.1, -0.05) is 60.7 Å². The van der Waals surface area contributed by atoms with Crippen LogP contribution in [0, 0.1) is 10.1 Å². The van der Waals surface area contributed by atoms with Gasteiger partial charge in [0.1, 0.15) is 6.04 Å². The highest BCUT2D eigenvalue weighted by Crippen LogP contribution is 2.43. The fraction of sp³-hybridized carbons (Fsp3) is 0.355. The monoisotopic (exact) mass is 590 g/mol. The van der Waals surface area contributed by atoms with Crippen molar-refractivity contribution in [2.75, 3.05) is 18.0 Å². The van der Waals surface area contributed by atoms with Gasteiger partial charge in [0.25, 0.3) is 5.69 Å². The maximum atomic E-state index is 13.8. The normalized spacial score (nSPS) is 17.6. The van der Waals surface area contributed by atoms with Crippen molar-refractivity contribution in [3.63, 3.8) is 0 Å². The van der Waals surface area contributed by atoms with E-state index in [1.807, 2.05) is 73.3 Å². The minimum absolute atomic E-state index is 0.0337. The lowest BCUT2D eigenvalue weighted by atomic mass is 9.86. The topological polar surface area (TPSA) is 130 Å². The first-order valence-corrected chi connectivity index (χ1v) is 15.5. The number of likely N-dealkylation sites (tertiary alicyclic amines) is 1. The van der Waals surface area contributed by atoms with E-state index in [0.717, 1.165) is 28.9 Å². The third kappa shape index (κ3) is 5.66. The SMILES string of the molecule is CC1(C)C(=O)N(C2CCN(C(=O)C(CCc3ccccc3)NS(=O)(=O)c3ccccc3[N+](=O)[O-])CC2)c2ccccc21. The van der Waals surface area contributed by atoms with Crippen LogP contribution in [0.1, 0.15) is 44.2 Å². The van der Waals surface area contributed by atoms with E-state index < -0.39 is 37.0 Å². The molecule has 2 amide bonds. The lowest BCUT2D eigenvalue weighted by Gasteiger charge is -2.38. The number of amides is 2. The van der Waals surface area contributed by atoms with Crippen molar-refractivity contribution in [3.05, 3.63) is 100 Å². The van der Waals surface area contributed by atoms with Gasteiger partial charge >= 0.3 is 0 Å². The Hall–Kier alpha value is -4.09. The molecule has 5 rings (SSSR count). The van der Waals surface area contributed by atoms with Crippen molar-refractivity contribution in [1.82, 2.24) is 9.62 Å². The van der Waals surface area contributed by atoms with E-state index in [9.17, 15) is 28.1 Å². The number of nitro groups is 1. The summed E-state index contributed by atoms with van der Waals surface area (Å²) in [5.41, 5.74) is 1.63. The highest BCUT2D eigenvalue weighted by Gasteiger charge is 2.47. The number of carbonyl (C=O) groups is 2. The molecular formula is C31H34N4O6S. The molecule has 1 N–H and O–H groups in total. The fourth-order valence-electron chi connectivity index (χ4n) is 5.94. The van der Waals surface area contributed by atoms with Crippen LogP contribution in [0.5, 0.6) is 0 Å². The zero-order valence-electron chi connectivity index (χ0n) is 23.6. The fourth-order valence-corrected chi connectivity index (χ4v) is 7.34. The van der Waals surface area contributed by atoms with Crippen LogP contribution in [-0.4, -0.2) is 55.2 Å². The van der Waals surface area contributed by atoms with E-state index in [1.54, 1.807) is 4.90 Å². The minimum Gasteiger partial charge on any atom is -0.341 e. The van der Waals surface area contributed by atoms with Crippen molar-refractivity contribution in [1.29, 1.82) is 0 Å². The molecule has 11 heteroatoms. The molecule has 2 heterocycles. The molecule has 0 radical (unpaired) electrons. The number of hydrogen-bond acceptors (Lipinski definition) is 6. The molecule has 3 aromatic carbocycles. The zero-order valence-corrected chi connectivity index (χ0v) is 24.4. The predicted molar refractivity (Wildman–Crippen MR) is 159 cm³/mol. The number of nitrogens with one attached hydrogen (secondary N) is 1. The second kappa shape index (κ2) is 11.7. The predicted octanol–water partition coefficient (Wildman–Crippen LogP) is 4.19. The highest BCUT2D eigenvalue weighted by molar-refractivity contribution is 7.89. The maximum absolute atomic E-state index is 13.8. The molecule has 2 aliphatic rings. The van der Waals surface area contributed by atoms with Gasteiger partial charge in [-0.3, -0.25) is 19.7 Å². The van der Waals surface area contributed by atoms with Gasteiger partial charge in [-0.05, 0) is 62.8 Å². The Kier molecular flexibility index (Phi) is 8.16. The number of anilines is 1. The van der Waals surface area contributed by atoms with Crippen LogP contribution in [0.4, 0.5) is 11.4 Å². The summed E-state index contributed by atoms with van der Waals surface area (Å²) in [7, 11) is -4.39. The van der Waals surface area contributed by atoms with Gasteiger partial charge in [-0.25, -0.2) is 8.42 Å². The van der Waals surface area contributed by atoms with Crippen molar-refractivity contribution in [2.24, 2.45) is 0 Å². The number of piperidine rings is 1. The average molecular weight is 591 g/mol. The summed E-state index contributed by atoms with van der Waals surface area (Å²) in [5, 5.41) is 11.5. The summed E-state index contributed by atoms with van der Waals surface area (Å²) >= 11 is 0. The second-order valence-corrected chi connectivity index (χ2v) is 13.0. The van der Waals surface area contributed by atoms with Crippen LogP contribution < -0.4 is 9.62 Å². The van der Waals surface area contributed by atoms with E-state index in [4.69, 9.17) is 0 Å². The number of nitro benzene ring substituents is 1. The summed E-state index contributed by atoms with van der Waals surface area (Å²) in [6.45, 7) is 4.55. The first kappa shape index (κ1) is 29.4. The largest absolute Gasteiger partial charge is 0.341 e. The number of para-hydroxylation sites is 2. The molecule has 0 spiro atoms. The summed E-state index contributed by atoms with van der Waals surface area (Å²) in [6.07, 6.45) is 1.70. The van der Waals surface area contributed by atoms with E-state index in [-0.39, 0.29) is 24.3 Å². The van der Waals surface area contributed by atoms with Crippen LogP contribution in [0.2, 0.25) is 0 Å². The molecule has 1 atom stereocenters. The molecule has 0 saturated carbocycles. The summed E-state index contributed by atoms with van der Waals surface area (Å²) < 4.78 is 29.2. The summed E-state index contributed by atoms with van der Waals surface area (Å²) in [4.78, 5) is 41.0. The first-order chi connectivity index (χ1) is 20.0. The summed E-state index contributed by atoms with van der Waals surface area (Å²) in [6, 6.07) is 21.1. The molecule has 42 heavy (non-hydrogen) atoms. The smallest absolute Gasteiger partial charge is 0.289 e. The minimum atomic E-state index is -4.39. The van der Waals surface area contributed by atoms with Crippen LogP contribution in [0.15, 0.2) is 83.8 Å². The third-order valence-corrected chi connectivity index (χ3v) is 9.76. The molecule has 1 saturated heterocycles. The molecule has 3 aromatic rings. The lowest BCUT2D eigenvalue weighted by molar-refractivity contribution is -0.387. The van der Waals surface area contributed by atoms with Crippen LogP contribution in [-0.2, 0) is 31.4 Å². The Morgan fingerprint density at radius 1 is 1.00 bits per heavy atom. The Morgan fingerprint density at radius 3 is 2.31 bits per heavy atom. The average Bonchev–Trinajstić information content (AvgIpc) is 3.20. The number of hydrogen-bond donors (Lipinski definition) is 1. The molecule has 0 aromatic heterocycles. The zero-order chi connectivity index (χ0) is 30.1. The van der Waals surface area contributed by atoms with Gasteiger partial charge in [-0.2, -0.15) is 4.72 Å². The standard InChI is InChI=1S/C31H34N4O6S/c1-31(2)24-12-6-7-13-26(24)34(30(31)37)23-18-20-33(21-19-23)29(36)25(17-16-22-10-4-3-5-11-22)32-42(40,41)28-15-9-8-14-27(28)35(38)39/h3-15,23,25,32H,16-21H2,1-2H3. The molecule has 0 bridgehead atoms. The lowest BCUT2D eigenvalue weighted by Crippen LogP contribution is -2.54. The number of carbonyl (C=O) groups excluding carboxylic acids is 2. The van der Waals surface area contributed by atoms with E-state index in [0.29, 0.717) is 32.4 Å². The molecule has 220 valence electrons. The maximum Gasteiger partial charge on any atom is 0.289 e. The van der Waals surface area contributed by atoms with Gasteiger partial charge in [0.2, 0.25) is 21.8 Å². The molecule has 1 unspecified atom stereocenters. The number of benzene rings is 3. The van der Waals surface area contributed by atoms with Crippen molar-refractivity contribution < 1.29 is 22.9 Å². The Balaban J connectivity index is 1.34.